The van der Waals surface area contributed by atoms with Crippen LogP contribution in [0.3, 0.4) is 0 Å². The lowest BCUT2D eigenvalue weighted by atomic mass is 10.0. The van der Waals surface area contributed by atoms with Gasteiger partial charge < -0.3 is 10.1 Å². The summed E-state index contributed by atoms with van der Waals surface area (Å²) >= 11 is 0. The topological polar surface area (TPSA) is 34.2 Å². The molecule has 1 fully saturated rings. The van der Waals surface area contributed by atoms with Crippen molar-refractivity contribution in [1.29, 1.82) is 0 Å². The maximum absolute atomic E-state index is 5.76. The minimum Gasteiger partial charge on any atom is -0.373 e. The molecule has 3 heteroatoms. The van der Waals surface area contributed by atoms with Crippen LogP contribution in [0.15, 0.2) is 36.4 Å². The molecule has 1 aliphatic heterocycles. The Kier molecular flexibility index (Phi) is 2.92. The van der Waals surface area contributed by atoms with E-state index >= 15 is 0 Å². The molecule has 1 aromatic heterocycles. The van der Waals surface area contributed by atoms with Gasteiger partial charge in [0.25, 0.3) is 0 Å². The normalized spacial score (nSPS) is 23.4. The zero-order valence-electron chi connectivity index (χ0n) is 10.6. The Balaban J connectivity index is 1.74. The van der Waals surface area contributed by atoms with Gasteiger partial charge in [-0.25, -0.2) is 4.98 Å². The molecule has 0 saturated carbocycles. The van der Waals surface area contributed by atoms with Gasteiger partial charge in [-0.2, -0.15) is 0 Å². The fourth-order valence-corrected chi connectivity index (χ4v) is 2.42. The third kappa shape index (κ3) is 2.31. The number of pyridine rings is 1. The first kappa shape index (κ1) is 11.5. The Morgan fingerprint density at radius 1 is 1.28 bits per heavy atom. The van der Waals surface area contributed by atoms with Gasteiger partial charge in [0, 0.05) is 18.5 Å². The first-order chi connectivity index (χ1) is 8.75. The van der Waals surface area contributed by atoms with Crippen molar-refractivity contribution in [3.8, 4) is 0 Å². The smallest absolute Gasteiger partial charge is 0.126 e. The van der Waals surface area contributed by atoms with Gasteiger partial charge in [0.05, 0.1) is 11.1 Å². The van der Waals surface area contributed by atoms with E-state index in [2.05, 4.69) is 29.4 Å². The van der Waals surface area contributed by atoms with Crippen LogP contribution in [0.2, 0.25) is 0 Å². The molecule has 0 amide bonds. The molecular formula is C15H18N2O. The summed E-state index contributed by atoms with van der Waals surface area (Å²) in [5.74, 6) is 0.922. The quantitative estimate of drug-likeness (QED) is 0.897. The Labute approximate surface area is 107 Å². The average Bonchev–Trinajstić information content (AvgIpc) is 2.84. The molecule has 2 heterocycles. The second kappa shape index (κ2) is 4.58. The van der Waals surface area contributed by atoms with Crippen LogP contribution in [0.5, 0.6) is 0 Å². The molecule has 2 aromatic rings. The van der Waals surface area contributed by atoms with Crippen molar-refractivity contribution in [3.05, 3.63) is 36.4 Å². The number of rotatable bonds is 3. The fourth-order valence-electron chi connectivity index (χ4n) is 2.42. The van der Waals surface area contributed by atoms with E-state index in [-0.39, 0.29) is 5.60 Å². The van der Waals surface area contributed by atoms with Crippen LogP contribution in [0.25, 0.3) is 10.9 Å². The van der Waals surface area contributed by atoms with Crippen molar-refractivity contribution in [2.24, 2.45) is 0 Å². The number of para-hydroxylation sites is 1. The molecule has 1 aliphatic rings. The highest BCUT2D eigenvalue weighted by molar-refractivity contribution is 5.80. The summed E-state index contributed by atoms with van der Waals surface area (Å²) in [7, 11) is 0. The molecule has 1 atom stereocenters. The monoisotopic (exact) mass is 242 g/mol. The van der Waals surface area contributed by atoms with E-state index in [9.17, 15) is 0 Å². The highest BCUT2D eigenvalue weighted by Crippen LogP contribution is 2.25. The van der Waals surface area contributed by atoms with Crippen molar-refractivity contribution in [2.45, 2.75) is 25.4 Å². The Bertz CT molecular complexity index is 547. The SMILES string of the molecule is CC1(CNc2ccc3ccccc3n2)CCCO1. The lowest BCUT2D eigenvalue weighted by Gasteiger charge is -2.23. The molecule has 0 bridgehead atoms. The largest absolute Gasteiger partial charge is 0.373 e. The third-order valence-electron chi connectivity index (χ3n) is 3.54. The van der Waals surface area contributed by atoms with Crippen LogP contribution in [-0.2, 0) is 4.74 Å². The van der Waals surface area contributed by atoms with Crippen molar-refractivity contribution >= 4 is 16.7 Å². The molecule has 94 valence electrons. The minimum atomic E-state index is -0.0344. The lowest BCUT2D eigenvalue weighted by Crippen LogP contribution is -2.32. The molecular weight excluding hydrogens is 224 g/mol. The summed E-state index contributed by atoms with van der Waals surface area (Å²) in [4.78, 5) is 4.60. The summed E-state index contributed by atoms with van der Waals surface area (Å²) in [6.45, 7) is 3.86. The second-order valence-corrected chi connectivity index (χ2v) is 5.14. The van der Waals surface area contributed by atoms with Crippen LogP contribution >= 0.6 is 0 Å². The van der Waals surface area contributed by atoms with Gasteiger partial charge >= 0.3 is 0 Å². The van der Waals surface area contributed by atoms with E-state index in [4.69, 9.17) is 4.74 Å². The highest BCUT2D eigenvalue weighted by Gasteiger charge is 2.29. The number of hydrogen-bond donors (Lipinski definition) is 1. The van der Waals surface area contributed by atoms with Gasteiger partial charge in [-0.15, -0.1) is 0 Å². The number of ether oxygens (including phenoxy) is 1. The van der Waals surface area contributed by atoms with Crippen LogP contribution in [-0.4, -0.2) is 23.7 Å². The highest BCUT2D eigenvalue weighted by atomic mass is 16.5. The van der Waals surface area contributed by atoms with Gasteiger partial charge in [0.2, 0.25) is 0 Å². The van der Waals surface area contributed by atoms with Crippen LogP contribution in [0.4, 0.5) is 5.82 Å². The molecule has 0 aliphatic carbocycles. The Morgan fingerprint density at radius 3 is 3.00 bits per heavy atom. The molecule has 18 heavy (non-hydrogen) atoms. The standard InChI is InChI=1S/C15H18N2O/c1-15(9-4-10-18-15)11-16-14-8-7-12-5-2-3-6-13(12)17-14/h2-3,5-8H,4,9-11H2,1H3,(H,16,17). The first-order valence-corrected chi connectivity index (χ1v) is 6.49. The lowest BCUT2D eigenvalue weighted by molar-refractivity contribution is 0.0315. The average molecular weight is 242 g/mol. The van der Waals surface area contributed by atoms with Crippen LogP contribution in [0.1, 0.15) is 19.8 Å². The molecule has 1 aromatic carbocycles. The van der Waals surface area contributed by atoms with Gasteiger partial charge in [0.1, 0.15) is 5.82 Å². The van der Waals surface area contributed by atoms with Crippen molar-refractivity contribution in [2.75, 3.05) is 18.5 Å². The number of benzene rings is 1. The third-order valence-corrected chi connectivity index (χ3v) is 3.54. The summed E-state index contributed by atoms with van der Waals surface area (Å²) in [5.41, 5.74) is 0.993. The number of hydrogen-bond acceptors (Lipinski definition) is 3. The first-order valence-electron chi connectivity index (χ1n) is 6.49. The molecule has 3 nitrogen and oxygen atoms in total. The maximum atomic E-state index is 5.76. The van der Waals surface area contributed by atoms with E-state index in [1.54, 1.807) is 0 Å². The van der Waals surface area contributed by atoms with E-state index in [1.165, 1.54) is 5.39 Å². The molecule has 3 rings (SSSR count). The van der Waals surface area contributed by atoms with Crippen LogP contribution in [0, 0.1) is 0 Å². The zero-order chi connectivity index (χ0) is 12.4. The minimum absolute atomic E-state index is 0.0344. The predicted octanol–water partition coefficient (Wildman–Crippen LogP) is 3.22. The van der Waals surface area contributed by atoms with Crippen LogP contribution < -0.4 is 5.32 Å². The van der Waals surface area contributed by atoms with Gasteiger partial charge in [-0.05, 0) is 38.0 Å². The number of anilines is 1. The van der Waals surface area contributed by atoms with Gasteiger partial charge in [-0.1, -0.05) is 18.2 Å². The molecule has 1 N–H and O–H groups in total. The van der Waals surface area contributed by atoms with Crippen molar-refractivity contribution < 1.29 is 4.74 Å². The summed E-state index contributed by atoms with van der Waals surface area (Å²) in [6.07, 6.45) is 2.27. The molecule has 1 unspecified atom stereocenters. The number of nitrogens with one attached hydrogen (secondary N) is 1. The molecule has 1 saturated heterocycles. The van der Waals surface area contributed by atoms with Gasteiger partial charge in [0.15, 0.2) is 0 Å². The van der Waals surface area contributed by atoms with Crippen molar-refractivity contribution in [1.82, 2.24) is 4.98 Å². The summed E-state index contributed by atoms with van der Waals surface area (Å²) in [6, 6.07) is 12.3. The number of fused-ring (bicyclic) bond motifs is 1. The van der Waals surface area contributed by atoms with E-state index < -0.39 is 0 Å². The Hall–Kier alpha value is -1.61. The summed E-state index contributed by atoms with van der Waals surface area (Å²) < 4.78 is 5.76. The second-order valence-electron chi connectivity index (χ2n) is 5.14. The van der Waals surface area contributed by atoms with E-state index in [1.807, 2.05) is 24.3 Å². The maximum Gasteiger partial charge on any atom is 0.126 e. The van der Waals surface area contributed by atoms with E-state index in [0.29, 0.717) is 0 Å². The van der Waals surface area contributed by atoms with Crippen molar-refractivity contribution in [3.63, 3.8) is 0 Å². The summed E-state index contributed by atoms with van der Waals surface area (Å²) in [5, 5.41) is 4.56. The zero-order valence-corrected chi connectivity index (χ0v) is 10.6. The van der Waals surface area contributed by atoms with E-state index in [0.717, 1.165) is 37.3 Å². The number of nitrogens with zero attached hydrogens (tertiary/aromatic N) is 1. The predicted molar refractivity (Wildman–Crippen MR) is 73.8 cm³/mol. The molecule has 0 radical (unpaired) electrons. The van der Waals surface area contributed by atoms with Gasteiger partial charge in [-0.3, -0.25) is 0 Å². The molecule has 0 spiro atoms. The fraction of sp³-hybridized carbons (Fsp3) is 0.400. The number of aromatic nitrogens is 1. The Morgan fingerprint density at radius 2 is 2.17 bits per heavy atom.